The number of thiazole rings is 1. The minimum absolute atomic E-state index is 0.0570. The first-order valence-electron chi connectivity index (χ1n) is 10.5. The molecule has 0 fully saturated rings. The van der Waals surface area contributed by atoms with E-state index in [0.29, 0.717) is 30.2 Å². The van der Waals surface area contributed by atoms with Crippen molar-refractivity contribution in [2.24, 2.45) is 0 Å². The quantitative estimate of drug-likeness (QED) is 0.454. The van der Waals surface area contributed by atoms with Crippen molar-refractivity contribution in [3.8, 4) is 22.1 Å². The van der Waals surface area contributed by atoms with Gasteiger partial charge in [0.05, 0.1) is 16.8 Å². The predicted molar refractivity (Wildman–Crippen MR) is 128 cm³/mol. The minimum atomic E-state index is -0.224. The van der Waals surface area contributed by atoms with Crippen molar-refractivity contribution in [2.75, 3.05) is 18.7 Å². The van der Waals surface area contributed by atoms with Gasteiger partial charge < -0.3 is 19.7 Å². The Hall–Kier alpha value is -3.43. The molecule has 4 aromatic rings. The van der Waals surface area contributed by atoms with Gasteiger partial charge in [0.15, 0.2) is 11.5 Å². The molecule has 7 nitrogen and oxygen atoms in total. The first kappa shape index (κ1) is 20.2. The molecule has 0 spiro atoms. The van der Waals surface area contributed by atoms with Gasteiger partial charge in [-0.1, -0.05) is 12.1 Å². The zero-order valence-electron chi connectivity index (χ0n) is 17.7. The first-order valence-corrected chi connectivity index (χ1v) is 12.2. The van der Waals surface area contributed by atoms with Crippen molar-refractivity contribution in [2.45, 2.75) is 19.9 Å². The van der Waals surface area contributed by atoms with Gasteiger partial charge in [-0.3, -0.25) is 9.59 Å². The highest BCUT2D eigenvalue weighted by atomic mass is 32.1. The lowest BCUT2D eigenvalue weighted by Crippen LogP contribution is -2.33. The largest absolute Gasteiger partial charge is 0.454 e. The summed E-state index contributed by atoms with van der Waals surface area (Å²) in [5.74, 6) is 1.04. The van der Waals surface area contributed by atoms with Crippen LogP contribution in [-0.2, 0) is 17.8 Å². The maximum atomic E-state index is 13.2. The minimum Gasteiger partial charge on any atom is -0.454 e. The number of benzene rings is 2. The summed E-state index contributed by atoms with van der Waals surface area (Å²) in [6.45, 7) is 2.96. The number of fused-ring (bicyclic) bond motifs is 3. The van der Waals surface area contributed by atoms with Crippen LogP contribution in [0, 0.1) is 0 Å². The van der Waals surface area contributed by atoms with E-state index >= 15 is 0 Å². The van der Waals surface area contributed by atoms with Crippen molar-refractivity contribution < 1.29 is 19.1 Å². The second-order valence-corrected chi connectivity index (χ2v) is 10.0. The van der Waals surface area contributed by atoms with Gasteiger partial charge in [0.2, 0.25) is 12.7 Å². The molecule has 166 valence electrons. The van der Waals surface area contributed by atoms with Crippen molar-refractivity contribution in [1.82, 2.24) is 9.88 Å². The Labute approximate surface area is 197 Å². The standard InChI is InChI=1S/C24H19N3O4S2/c1-13(28)27-9-8-15-20(11-27)33-24(21(15)23-25-16-4-2-3-5-19(16)32-23)26-22(29)14-6-7-17-18(10-14)31-12-30-17/h2-7,10H,8-9,11-12H2,1H3,(H,26,29). The molecule has 0 aliphatic carbocycles. The number of nitrogens with one attached hydrogen (secondary N) is 1. The van der Waals surface area contributed by atoms with Gasteiger partial charge in [-0.2, -0.15) is 0 Å². The molecule has 2 aliphatic heterocycles. The van der Waals surface area contributed by atoms with Gasteiger partial charge in [0, 0.05) is 29.5 Å². The van der Waals surface area contributed by atoms with E-state index in [1.165, 1.54) is 11.3 Å². The molecule has 0 atom stereocenters. The van der Waals surface area contributed by atoms with Crippen LogP contribution in [-0.4, -0.2) is 35.0 Å². The van der Waals surface area contributed by atoms with E-state index < -0.39 is 0 Å². The van der Waals surface area contributed by atoms with E-state index in [1.807, 2.05) is 23.1 Å². The lowest BCUT2D eigenvalue weighted by Gasteiger charge is -2.26. The van der Waals surface area contributed by atoms with E-state index in [4.69, 9.17) is 14.5 Å². The molecule has 0 radical (unpaired) electrons. The van der Waals surface area contributed by atoms with Gasteiger partial charge >= 0.3 is 0 Å². The van der Waals surface area contributed by atoms with Crippen LogP contribution in [0.4, 0.5) is 5.00 Å². The van der Waals surface area contributed by atoms with Crippen molar-refractivity contribution in [1.29, 1.82) is 0 Å². The van der Waals surface area contributed by atoms with Crippen LogP contribution in [0.2, 0.25) is 0 Å². The van der Waals surface area contributed by atoms with Crippen molar-refractivity contribution in [3.63, 3.8) is 0 Å². The number of rotatable bonds is 3. The molecule has 6 rings (SSSR count). The number of para-hydroxylation sites is 1. The molecule has 2 aromatic heterocycles. The normalized spacial score (nSPS) is 14.4. The zero-order chi connectivity index (χ0) is 22.5. The van der Waals surface area contributed by atoms with E-state index in [0.717, 1.165) is 42.7 Å². The lowest BCUT2D eigenvalue weighted by molar-refractivity contribution is -0.129. The van der Waals surface area contributed by atoms with Crippen molar-refractivity contribution >= 4 is 49.7 Å². The van der Waals surface area contributed by atoms with Crippen LogP contribution >= 0.6 is 22.7 Å². The Morgan fingerprint density at radius 2 is 1.94 bits per heavy atom. The topological polar surface area (TPSA) is 80.8 Å². The molecule has 0 saturated carbocycles. The zero-order valence-corrected chi connectivity index (χ0v) is 19.3. The number of thiophene rings is 1. The van der Waals surface area contributed by atoms with Crippen LogP contribution in [0.5, 0.6) is 11.5 Å². The van der Waals surface area contributed by atoms with E-state index in [9.17, 15) is 9.59 Å². The molecule has 0 unspecified atom stereocenters. The smallest absolute Gasteiger partial charge is 0.256 e. The Morgan fingerprint density at radius 3 is 2.79 bits per heavy atom. The maximum Gasteiger partial charge on any atom is 0.256 e. The summed E-state index contributed by atoms with van der Waals surface area (Å²) in [6, 6.07) is 13.2. The maximum absolute atomic E-state index is 13.2. The fourth-order valence-electron chi connectivity index (χ4n) is 4.18. The van der Waals surface area contributed by atoms with Gasteiger partial charge in [-0.15, -0.1) is 22.7 Å². The second-order valence-electron chi connectivity index (χ2n) is 7.91. The van der Waals surface area contributed by atoms with Crippen molar-refractivity contribution in [3.05, 3.63) is 58.5 Å². The second kappa shape index (κ2) is 7.86. The van der Waals surface area contributed by atoms with Crippen LogP contribution < -0.4 is 14.8 Å². The molecule has 33 heavy (non-hydrogen) atoms. The van der Waals surface area contributed by atoms with Gasteiger partial charge in [0.25, 0.3) is 5.91 Å². The Balaban J connectivity index is 1.41. The molecule has 2 aliphatic rings. The number of hydrogen-bond acceptors (Lipinski definition) is 7. The number of carbonyl (C=O) groups is 2. The summed E-state index contributed by atoms with van der Waals surface area (Å²) in [5, 5.41) is 4.75. The van der Waals surface area contributed by atoms with Gasteiger partial charge in [-0.25, -0.2) is 4.98 Å². The highest BCUT2D eigenvalue weighted by Gasteiger charge is 2.29. The molecule has 2 amide bonds. The van der Waals surface area contributed by atoms with E-state index in [1.54, 1.807) is 36.5 Å². The number of nitrogens with zero attached hydrogens (tertiary/aromatic N) is 2. The third kappa shape index (κ3) is 3.53. The highest BCUT2D eigenvalue weighted by molar-refractivity contribution is 7.23. The van der Waals surface area contributed by atoms with E-state index in [-0.39, 0.29) is 18.6 Å². The van der Waals surface area contributed by atoms with Crippen LogP contribution in [0.25, 0.3) is 20.8 Å². The summed E-state index contributed by atoms with van der Waals surface area (Å²) in [6.07, 6.45) is 0.733. The number of anilines is 1. The summed E-state index contributed by atoms with van der Waals surface area (Å²) in [4.78, 5) is 32.9. The third-order valence-corrected chi connectivity index (χ3v) is 8.06. The van der Waals surface area contributed by atoms with Gasteiger partial charge in [0.1, 0.15) is 10.0 Å². The summed E-state index contributed by atoms with van der Waals surface area (Å²) < 4.78 is 11.9. The number of aromatic nitrogens is 1. The third-order valence-electron chi connectivity index (χ3n) is 5.87. The number of carbonyl (C=O) groups excluding carboxylic acids is 2. The summed E-state index contributed by atoms with van der Waals surface area (Å²) in [5.41, 5.74) is 3.56. The van der Waals surface area contributed by atoms with Gasteiger partial charge in [-0.05, 0) is 42.3 Å². The molecule has 4 heterocycles. The molecular weight excluding hydrogens is 458 g/mol. The molecule has 0 bridgehead atoms. The monoisotopic (exact) mass is 477 g/mol. The SMILES string of the molecule is CC(=O)N1CCc2c(sc(NC(=O)c3ccc4c(c3)OCO4)c2-c2nc3ccccc3s2)C1. The molecule has 0 saturated heterocycles. The molecular formula is C24H19N3O4S2. The van der Waals surface area contributed by atoms with Crippen LogP contribution in [0.15, 0.2) is 42.5 Å². The summed E-state index contributed by atoms with van der Waals surface area (Å²) in [7, 11) is 0. The fourth-order valence-corrected chi connectivity index (χ4v) is 6.55. The Morgan fingerprint density at radius 1 is 1.09 bits per heavy atom. The van der Waals surface area contributed by atoms with Crippen LogP contribution in [0.1, 0.15) is 27.7 Å². The van der Waals surface area contributed by atoms with E-state index in [2.05, 4.69) is 11.4 Å². The average molecular weight is 478 g/mol. The molecule has 9 heteroatoms. The number of hydrogen-bond donors (Lipinski definition) is 1. The molecule has 1 N–H and O–H groups in total. The number of amides is 2. The fraction of sp³-hybridized carbons (Fsp3) is 0.208. The van der Waals surface area contributed by atoms with Crippen LogP contribution in [0.3, 0.4) is 0 Å². The summed E-state index contributed by atoms with van der Waals surface area (Å²) >= 11 is 3.14. The first-order chi connectivity index (χ1) is 16.1. The Kier molecular flexibility index (Phi) is 4.81. The highest BCUT2D eigenvalue weighted by Crippen LogP contribution is 2.46. The average Bonchev–Trinajstić information content (AvgIpc) is 3.53. The lowest BCUT2D eigenvalue weighted by atomic mass is 10.0. The number of ether oxygens (including phenoxy) is 2. The molecule has 2 aromatic carbocycles. The predicted octanol–water partition coefficient (Wildman–Crippen LogP) is 4.91. The Bertz CT molecular complexity index is 1390.